The maximum Gasteiger partial charge on any atom is 0.150 e. The normalized spacial score (nSPS) is 26.9. The van der Waals surface area contributed by atoms with Crippen LogP contribution in [0.3, 0.4) is 0 Å². The minimum Gasteiger partial charge on any atom is -0.396 e. The third kappa shape index (κ3) is 10.2. The molecule has 2 aliphatic rings. The fraction of sp³-hybridized carbons (Fsp3) is 0.808. The van der Waals surface area contributed by atoms with Crippen molar-refractivity contribution >= 4 is 50.5 Å². The molecule has 2 rings (SSSR count). The first kappa shape index (κ1) is 32.1. The van der Waals surface area contributed by atoms with Gasteiger partial charge in [0.05, 0.1) is 29.2 Å². The lowest BCUT2D eigenvalue weighted by molar-refractivity contribution is -0.126. The second kappa shape index (κ2) is 16.1. The molecular weight excluding hydrogens is 516 g/mol. The van der Waals surface area contributed by atoms with Crippen LogP contribution in [0.1, 0.15) is 65.2 Å². The topological polar surface area (TPSA) is 150 Å². The zero-order valence-corrected chi connectivity index (χ0v) is 23.7. The number of hydrogen-bond acceptors (Lipinski definition) is 11. The molecular formula is C26H42N2O7S2. The predicted octanol–water partition coefficient (Wildman–Crippen LogP) is 1.52. The molecule has 1 heterocycles. The lowest BCUT2D eigenvalue weighted by Crippen LogP contribution is -2.40. The third-order valence-electron chi connectivity index (χ3n) is 7.40. The Balaban J connectivity index is 2.07. The van der Waals surface area contributed by atoms with Crippen LogP contribution in [-0.2, 0) is 24.0 Å². The molecule has 11 heteroatoms. The van der Waals surface area contributed by atoms with Crippen LogP contribution in [0, 0.1) is 17.8 Å². The Kier molecular flexibility index (Phi) is 14.0. The molecule has 4 N–H and O–H groups in total. The molecule has 0 amide bonds. The van der Waals surface area contributed by atoms with Gasteiger partial charge in [0.1, 0.15) is 28.9 Å². The van der Waals surface area contributed by atoms with Gasteiger partial charge in [-0.05, 0) is 59.5 Å². The van der Waals surface area contributed by atoms with Crippen LogP contribution in [0.4, 0.5) is 0 Å². The summed E-state index contributed by atoms with van der Waals surface area (Å²) in [4.78, 5) is 63.0. The van der Waals surface area contributed by atoms with Crippen molar-refractivity contribution in [1.29, 1.82) is 0 Å². The molecule has 9 nitrogen and oxygen atoms in total. The minimum absolute atomic E-state index is 0.00198. The van der Waals surface area contributed by atoms with Gasteiger partial charge in [0.25, 0.3) is 0 Å². The number of hydrogen-bond donors (Lipinski definition) is 4. The molecule has 0 aromatic carbocycles. The first-order valence-corrected chi connectivity index (χ1v) is 15.4. The summed E-state index contributed by atoms with van der Waals surface area (Å²) in [6.45, 7) is 3.49. The molecule has 7 atom stereocenters. The average molecular weight is 559 g/mol. The standard InChI is InChI=1S/C26H42N2O7S2/c1-15(30)19(14-29)12-24-26(35)18(5-7-21(33)13-28-22(16(2)31)8-9-27-3)11-23(36-37-24)25(34)17-4-6-20(32)10-17/h15,17-19,22-24,27-30H,4-14H2,1-3H3/t15-,17-,18-,19-,22+,23?,24?/m1/s1. The van der Waals surface area contributed by atoms with Crippen molar-refractivity contribution in [3.05, 3.63) is 0 Å². The number of rotatable bonds is 16. The van der Waals surface area contributed by atoms with E-state index in [1.165, 1.54) is 28.5 Å². The van der Waals surface area contributed by atoms with Crippen LogP contribution in [0.15, 0.2) is 0 Å². The average Bonchev–Trinajstić information content (AvgIpc) is 3.23. The quantitative estimate of drug-likeness (QED) is 0.204. The Labute approximate surface area is 227 Å². The van der Waals surface area contributed by atoms with E-state index in [4.69, 9.17) is 0 Å². The first-order valence-electron chi connectivity index (χ1n) is 13.2. The molecule has 210 valence electrons. The number of ketones is 5. The fourth-order valence-electron chi connectivity index (χ4n) is 4.85. The Bertz CT molecular complexity index is 823. The fourth-order valence-corrected chi connectivity index (χ4v) is 8.18. The van der Waals surface area contributed by atoms with Gasteiger partial charge in [0.15, 0.2) is 0 Å². The molecule has 0 aromatic heterocycles. The summed E-state index contributed by atoms with van der Waals surface area (Å²) in [7, 11) is 4.46. The molecule has 37 heavy (non-hydrogen) atoms. The monoisotopic (exact) mass is 558 g/mol. The number of carbonyl (C=O) groups excluding carboxylic acids is 5. The van der Waals surface area contributed by atoms with Crippen LogP contribution >= 0.6 is 21.6 Å². The number of nitrogens with one attached hydrogen (secondary N) is 2. The molecule has 0 radical (unpaired) electrons. The minimum atomic E-state index is -0.781. The smallest absolute Gasteiger partial charge is 0.150 e. The Hall–Kier alpha value is -1.11. The Morgan fingerprint density at radius 3 is 2.49 bits per heavy atom. The SMILES string of the molecule is CNCC[C@H](NCC(=O)CC[C@@H]1CC(C(=O)[C@@H]2CCC(=O)C2)SSC(C[C@H](CO)[C@@H](C)O)C1=O)C(C)=O. The largest absolute Gasteiger partial charge is 0.396 e. The van der Waals surface area contributed by atoms with Crippen molar-refractivity contribution in [2.45, 2.75) is 87.9 Å². The van der Waals surface area contributed by atoms with E-state index in [1.807, 2.05) is 0 Å². The van der Waals surface area contributed by atoms with Crippen molar-refractivity contribution in [1.82, 2.24) is 10.6 Å². The molecule has 0 aromatic rings. The van der Waals surface area contributed by atoms with Crippen LogP contribution in [-0.4, -0.2) is 88.5 Å². The number of Topliss-reactive ketones (excluding diaryl/α,β-unsaturated/α-hetero) is 5. The van der Waals surface area contributed by atoms with Gasteiger partial charge < -0.3 is 20.8 Å². The van der Waals surface area contributed by atoms with Crippen molar-refractivity contribution in [2.24, 2.45) is 17.8 Å². The van der Waals surface area contributed by atoms with E-state index in [9.17, 15) is 34.2 Å². The van der Waals surface area contributed by atoms with Gasteiger partial charge in [-0.2, -0.15) is 0 Å². The van der Waals surface area contributed by atoms with E-state index in [0.29, 0.717) is 38.6 Å². The van der Waals surface area contributed by atoms with Crippen molar-refractivity contribution < 1.29 is 34.2 Å². The lowest BCUT2D eigenvalue weighted by atomic mass is 9.85. The van der Waals surface area contributed by atoms with Crippen LogP contribution in [0.2, 0.25) is 0 Å². The molecule has 0 bridgehead atoms. The summed E-state index contributed by atoms with van der Waals surface area (Å²) in [5, 5.41) is 24.7. The highest BCUT2D eigenvalue weighted by Gasteiger charge is 2.41. The molecule has 0 spiro atoms. The highest BCUT2D eigenvalue weighted by molar-refractivity contribution is 8.77. The van der Waals surface area contributed by atoms with Crippen molar-refractivity contribution in [2.75, 3.05) is 26.7 Å². The molecule has 1 saturated carbocycles. The summed E-state index contributed by atoms with van der Waals surface area (Å²) in [6, 6.07) is -0.417. The van der Waals surface area contributed by atoms with Gasteiger partial charge >= 0.3 is 0 Å². The number of aliphatic hydroxyl groups excluding tert-OH is 2. The van der Waals surface area contributed by atoms with E-state index in [0.717, 1.165) is 0 Å². The molecule has 2 fully saturated rings. The molecule has 1 saturated heterocycles. The number of carbonyl (C=O) groups is 5. The van der Waals surface area contributed by atoms with E-state index < -0.39 is 34.5 Å². The van der Waals surface area contributed by atoms with E-state index in [-0.39, 0.29) is 67.2 Å². The third-order valence-corrected chi connectivity index (χ3v) is 10.5. The van der Waals surface area contributed by atoms with Gasteiger partial charge in [-0.3, -0.25) is 24.0 Å². The number of aliphatic hydroxyl groups is 2. The maximum atomic E-state index is 13.5. The van der Waals surface area contributed by atoms with Gasteiger partial charge in [0.2, 0.25) is 0 Å². The van der Waals surface area contributed by atoms with Gasteiger partial charge in [-0.25, -0.2) is 0 Å². The van der Waals surface area contributed by atoms with Crippen molar-refractivity contribution in [3.8, 4) is 0 Å². The zero-order chi connectivity index (χ0) is 27.5. The second-order valence-corrected chi connectivity index (χ2v) is 13.0. The van der Waals surface area contributed by atoms with E-state index >= 15 is 0 Å². The summed E-state index contributed by atoms with van der Waals surface area (Å²) in [6.07, 6.45) is 2.04. The molecule has 1 aliphatic carbocycles. The van der Waals surface area contributed by atoms with Crippen LogP contribution in [0.5, 0.6) is 0 Å². The second-order valence-electron chi connectivity index (χ2n) is 10.3. The summed E-state index contributed by atoms with van der Waals surface area (Å²) >= 11 is 0. The highest BCUT2D eigenvalue weighted by atomic mass is 33.1. The first-order chi connectivity index (χ1) is 17.6. The van der Waals surface area contributed by atoms with Crippen molar-refractivity contribution in [3.63, 3.8) is 0 Å². The Morgan fingerprint density at radius 1 is 1.19 bits per heavy atom. The summed E-state index contributed by atoms with van der Waals surface area (Å²) < 4.78 is 0. The summed E-state index contributed by atoms with van der Waals surface area (Å²) in [5.74, 6) is -1.41. The lowest BCUT2D eigenvalue weighted by Gasteiger charge is -2.23. The molecule has 1 aliphatic heterocycles. The zero-order valence-electron chi connectivity index (χ0n) is 22.1. The van der Waals surface area contributed by atoms with Crippen LogP contribution < -0.4 is 10.6 Å². The summed E-state index contributed by atoms with van der Waals surface area (Å²) in [5.41, 5.74) is 0. The van der Waals surface area contributed by atoms with E-state index in [1.54, 1.807) is 14.0 Å². The highest BCUT2D eigenvalue weighted by Crippen LogP contribution is 2.45. The Morgan fingerprint density at radius 2 is 1.92 bits per heavy atom. The van der Waals surface area contributed by atoms with Gasteiger partial charge in [-0.1, -0.05) is 21.6 Å². The predicted molar refractivity (Wildman–Crippen MR) is 145 cm³/mol. The van der Waals surface area contributed by atoms with E-state index in [2.05, 4.69) is 10.6 Å². The van der Waals surface area contributed by atoms with Gasteiger partial charge in [-0.15, -0.1) is 0 Å². The molecule has 2 unspecified atom stereocenters. The van der Waals surface area contributed by atoms with Gasteiger partial charge in [0, 0.05) is 43.6 Å². The maximum absolute atomic E-state index is 13.5. The van der Waals surface area contributed by atoms with Crippen LogP contribution in [0.25, 0.3) is 0 Å².